The van der Waals surface area contributed by atoms with E-state index in [1.54, 1.807) is 0 Å². The maximum absolute atomic E-state index is 13.0. The first kappa shape index (κ1) is 18.5. The first-order chi connectivity index (χ1) is 13.7. The Balaban J connectivity index is 1.40. The van der Waals surface area contributed by atoms with Gasteiger partial charge in [-0.25, -0.2) is 0 Å². The molecule has 146 valence electrons. The van der Waals surface area contributed by atoms with Crippen LogP contribution in [0.5, 0.6) is 11.5 Å². The number of ether oxygens (including phenoxy) is 1. The molecular formula is C23H26N2O3. The quantitative estimate of drug-likeness (QED) is 0.805. The zero-order valence-electron chi connectivity index (χ0n) is 16.0. The van der Waals surface area contributed by atoms with Crippen LogP contribution in [0.25, 0.3) is 0 Å². The molecule has 0 atom stereocenters. The van der Waals surface area contributed by atoms with E-state index in [0.717, 1.165) is 54.9 Å². The number of amides is 2. The van der Waals surface area contributed by atoms with E-state index in [-0.39, 0.29) is 17.7 Å². The van der Waals surface area contributed by atoms with Gasteiger partial charge in [0.05, 0.1) is 5.92 Å². The molecule has 5 nitrogen and oxygen atoms in total. The minimum atomic E-state index is -0.374. The summed E-state index contributed by atoms with van der Waals surface area (Å²) in [4.78, 5) is 27.1. The van der Waals surface area contributed by atoms with Crippen molar-refractivity contribution in [2.75, 3.05) is 19.6 Å². The minimum absolute atomic E-state index is 0.0228. The number of carbonyl (C=O) groups excluding carboxylic acids is 2. The second-order valence-corrected chi connectivity index (χ2v) is 7.45. The topological polar surface area (TPSA) is 58.6 Å². The van der Waals surface area contributed by atoms with Crippen molar-refractivity contribution >= 4 is 11.8 Å². The number of para-hydroxylation sites is 2. The van der Waals surface area contributed by atoms with E-state index >= 15 is 0 Å². The van der Waals surface area contributed by atoms with Gasteiger partial charge in [-0.15, -0.1) is 0 Å². The number of benzene rings is 2. The minimum Gasteiger partial charge on any atom is -0.457 e. The van der Waals surface area contributed by atoms with Crippen molar-refractivity contribution in [2.24, 2.45) is 0 Å². The highest BCUT2D eigenvalue weighted by Gasteiger charge is 2.32. The van der Waals surface area contributed by atoms with Gasteiger partial charge in [0, 0.05) is 37.2 Å². The Labute approximate surface area is 165 Å². The highest BCUT2D eigenvalue weighted by molar-refractivity contribution is 5.89. The monoisotopic (exact) mass is 378 g/mol. The van der Waals surface area contributed by atoms with Gasteiger partial charge in [-0.2, -0.15) is 0 Å². The van der Waals surface area contributed by atoms with Crippen LogP contribution in [-0.4, -0.2) is 36.3 Å². The van der Waals surface area contributed by atoms with Crippen molar-refractivity contribution in [3.63, 3.8) is 0 Å². The van der Waals surface area contributed by atoms with E-state index in [1.165, 1.54) is 0 Å². The third-order valence-corrected chi connectivity index (χ3v) is 5.52. The third-order valence-electron chi connectivity index (χ3n) is 5.52. The molecule has 0 spiro atoms. The second-order valence-electron chi connectivity index (χ2n) is 7.45. The van der Waals surface area contributed by atoms with Gasteiger partial charge in [0.25, 0.3) is 0 Å². The lowest BCUT2D eigenvalue weighted by molar-refractivity contribution is -0.130. The van der Waals surface area contributed by atoms with Gasteiger partial charge in [-0.3, -0.25) is 9.59 Å². The SMILES string of the molecule is O=C(NCCCN1CCCCCC1=O)C1c2ccccc2Oc2ccccc21. The van der Waals surface area contributed by atoms with Crippen molar-refractivity contribution in [1.29, 1.82) is 0 Å². The van der Waals surface area contributed by atoms with E-state index in [4.69, 9.17) is 4.74 Å². The fourth-order valence-electron chi connectivity index (χ4n) is 4.05. The Bertz CT molecular complexity index is 819. The number of nitrogens with one attached hydrogen (secondary N) is 1. The molecule has 1 saturated heterocycles. The molecule has 0 unspecified atom stereocenters. The average molecular weight is 378 g/mol. The summed E-state index contributed by atoms with van der Waals surface area (Å²) in [6, 6.07) is 15.4. The van der Waals surface area contributed by atoms with Gasteiger partial charge in [-0.05, 0) is 31.4 Å². The molecule has 2 heterocycles. The summed E-state index contributed by atoms with van der Waals surface area (Å²) in [5.41, 5.74) is 1.78. The molecule has 0 saturated carbocycles. The largest absolute Gasteiger partial charge is 0.457 e. The number of fused-ring (bicyclic) bond motifs is 2. The summed E-state index contributed by atoms with van der Waals surface area (Å²) in [7, 11) is 0. The fourth-order valence-corrected chi connectivity index (χ4v) is 4.05. The predicted molar refractivity (Wildman–Crippen MR) is 107 cm³/mol. The predicted octanol–water partition coefficient (Wildman–Crippen LogP) is 3.83. The Morgan fingerprint density at radius 1 is 1.00 bits per heavy atom. The van der Waals surface area contributed by atoms with Crippen LogP contribution in [0.4, 0.5) is 0 Å². The maximum Gasteiger partial charge on any atom is 0.232 e. The molecule has 2 aromatic rings. The zero-order chi connectivity index (χ0) is 19.3. The first-order valence-electron chi connectivity index (χ1n) is 10.2. The van der Waals surface area contributed by atoms with E-state index in [0.29, 0.717) is 19.5 Å². The van der Waals surface area contributed by atoms with Crippen LogP contribution < -0.4 is 10.1 Å². The summed E-state index contributed by atoms with van der Waals surface area (Å²) < 4.78 is 5.96. The van der Waals surface area contributed by atoms with Gasteiger partial charge in [0.2, 0.25) is 11.8 Å². The van der Waals surface area contributed by atoms with Crippen molar-refractivity contribution in [2.45, 2.75) is 38.0 Å². The highest BCUT2D eigenvalue weighted by Crippen LogP contribution is 2.43. The molecule has 0 aromatic heterocycles. The normalized spacial score (nSPS) is 16.6. The second kappa shape index (κ2) is 8.46. The molecule has 0 aliphatic carbocycles. The highest BCUT2D eigenvalue weighted by atomic mass is 16.5. The Hall–Kier alpha value is -2.82. The lowest BCUT2D eigenvalue weighted by atomic mass is 9.87. The van der Waals surface area contributed by atoms with Crippen LogP contribution in [-0.2, 0) is 9.59 Å². The van der Waals surface area contributed by atoms with Crippen LogP contribution in [0.2, 0.25) is 0 Å². The number of hydrogen-bond donors (Lipinski definition) is 1. The molecule has 2 aliphatic rings. The summed E-state index contributed by atoms with van der Waals surface area (Å²) in [5, 5.41) is 3.07. The standard InChI is InChI=1S/C23H26N2O3/c26-21-13-2-1-7-15-25(21)16-8-14-24-23(27)22-17-9-3-5-11-19(17)28-20-12-6-4-10-18(20)22/h3-6,9-12,22H,1-2,7-8,13-16H2,(H,24,27). The zero-order valence-corrected chi connectivity index (χ0v) is 16.0. The van der Waals surface area contributed by atoms with Crippen molar-refractivity contribution in [3.8, 4) is 11.5 Å². The Morgan fingerprint density at radius 2 is 1.68 bits per heavy atom. The number of carbonyl (C=O) groups is 2. The number of hydrogen-bond acceptors (Lipinski definition) is 3. The van der Waals surface area contributed by atoms with E-state index in [1.807, 2.05) is 53.4 Å². The summed E-state index contributed by atoms with van der Waals surface area (Å²) in [6.45, 7) is 2.11. The van der Waals surface area contributed by atoms with Crippen LogP contribution in [0.3, 0.4) is 0 Å². The van der Waals surface area contributed by atoms with Crippen molar-refractivity contribution in [3.05, 3.63) is 59.7 Å². The maximum atomic E-state index is 13.0. The van der Waals surface area contributed by atoms with E-state index in [2.05, 4.69) is 5.32 Å². The van der Waals surface area contributed by atoms with Gasteiger partial charge in [-0.1, -0.05) is 42.8 Å². The fraction of sp³-hybridized carbons (Fsp3) is 0.391. The van der Waals surface area contributed by atoms with Crippen molar-refractivity contribution < 1.29 is 14.3 Å². The van der Waals surface area contributed by atoms with Gasteiger partial charge >= 0.3 is 0 Å². The molecule has 0 bridgehead atoms. The lowest BCUT2D eigenvalue weighted by Crippen LogP contribution is -2.36. The Kier molecular flexibility index (Phi) is 5.60. The van der Waals surface area contributed by atoms with Crippen LogP contribution >= 0.6 is 0 Å². The summed E-state index contributed by atoms with van der Waals surface area (Å²) in [6.07, 6.45) is 4.62. The number of nitrogens with zero attached hydrogens (tertiary/aromatic N) is 1. The molecular weight excluding hydrogens is 352 g/mol. The van der Waals surface area contributed by atoms with Gasteiger partial charge < -0.3 is 15.0 Å². The average Bonchev–Trinajstić information content (AvgIpc) is 2.93. The van der Waals surface area contributed by atoms with Gasteiger partial charge in [0.15, 0.2) is 0 Å². The molecule has 2 aliphatic heterocycles. The molecule has 1 N–H and O–H groups in total. The number of likely N-dealkylation sites (tertiary alicyclic amines) is 1. The summed E-state index contributed by atoms with van der Waals surface area (Å²) >= 11 is 0. The third kappa shape index (κ3) is 3.88. The summed E-state index contributed by atoms with van der Waals surface area (Å²) in [5.74, 6) is 1.32. The lowest BCUT2D eigenvalue weighted by Gasteiger charge is -2.27. The van der Waals surface area contributed by atoms with Crippen molar-refractivity contribution in [1.82, 2.24) is 10.2 Å². The molecule has 2 aromatic carbocycles. The van der Waals surface area contributed by atoms with Crippen LogP contribution in [0.1, 0.15) is 49.1 Å². The Morgan fingerprint density at radius 3 is 2.39 bits per heavy atom. The van der Waals surface area contributed by atoms with Crippen LogP contribution in [0, 0.1) is 0 Å². The molecule has 28 heavy (non-hydrogen) atoms. The molecule has 1 fully saturated rings. The molecule has 0 radical (unpaired) electrons. The molecule has 5 heteroatoms. The van der Waals surface area contributed by atoms with Gasteiger partial charge in [0.1, 0.15) is 11.5 Å². The molecule has 2 amide bonds. The smallest absolute Gasteiger partial charge is 0.232 e. The number of rotatable bonds is 5. The molecule has 4 rings (SSSR count). The van der Waals surface area contributed by atoms with E-state index in [9.17, 15) is 9.59 Å². The van der Waals surface area contributed by atoms with E-state index < -0.39 is 0 Å². The van der Waals surface area contributed by atoms with Crippen LogP contribution in [0.15, 0.2) is 48.5 Å². The first-order valence-corrected chi connectivity index (χ1v) is 10.2.